The van der Waals surface area contributed by atoms with Gasteiger partial charge in [-0.2, -0.15) is 0 Å². The van der Waals surface area contributed by atoms with E-state index in [0.717, 1.165) is 0 Å². The van der Waals surface area contributed by atoms with Crippen molar-refractivity contribution in [1.82, 2.24) is 0 Å². The Kier molecular flexibility index (Phi) is 2.05. The Bertz CT molecular complexity index is 453. The van der Waals surface area contributed by atoms with Crippen molar-refractivity contribution in [3.8, 4) is 0 Å². The molecule has 0 aromatic heterocycles. The van der Waals surface area contributed by atoms with E-state index in [4.69, 9.17) is 5.11 Å². The van der Waals surface area contributed by atoms with Crippen LogP contribution in [0.1, 0.15) is 18.9 Å². The number of carboxylic acids is 2. The molecule has 16 heavy (non-hydrogen) atoms. The molecule has 1 aromatic carbocycles. The molecule has 1 aromatic rings. The molecule has 2 atom stereocenters. The molecule has 0 unspecified atom stereocenters. The third-order valence-electron chi connectivity index (χ3n) is 3.54. The van der Waals surface area contributed by atoms with Crippen LogP contribution in [0.4, 0.5) is 0 Å². The summed E-state index contributed by atoms with van der Waals surface area (Å²) in [5.74, 6) is -2.12. The molecular weight excluding hydrogens is 208 g/mol. The number of hydrogen-bond donors (Lipinski definition) is 2. The molecule has 4 nitrogen and oxygen atoms in total. The first-order chi connectivity index (χ1) is 7.45. The lowest BCUT2D eigenvalue weighted by atomic mass is 9.87. The number of hydrogen-bond acceptors (Lipinski definition) is 2. The summed E-state index contributed by atoms with van der Waals surface area (Å²) in [7, 11) is 0. The van der Waals surface area contributed by atoms with Crippen LogP contribution in [0.3, 0.4) is 0 Å². The number of aliphatic carboxylic acids is 2. The van der Waals surface area contributed by atoms with Gasteiger partial charge in [-0.1, -0.05) is 30.3 Å². The molecule has 2 rings (SSSR count). The van der Waals surface area contributed by atoms with Crippen molar-refractivity contribution in [2.45, 2.75) is 18.8 Å². The summed E-state index contributed by atoms with van der Waals surface area (Å²) in [6, 6.07) is 8.56. The van der Waals surface area contributed by atoms with Gasteiger partial charge in [0, 0.05) is 0 Å². The first kappa shape index (κ1) is 10.7. The summed E-state index contributed by atoms with van der Waals surface area (Å²) < 4.78 is 0. The second kappa shape index (κ2) is 3.07. The predicted molar refractivity (Wildman–Crippen MR) is 56.1 cm³/mol. The average Bonchev–Trinajstić information content (AvgIpc) is 2.90. The first-order valence-corrected chi connectivity index (χ1v) is 4.97. The van der Waals surface area contributed by atoms with E-state index in [1.54, 1.807) is 30.3 Å². The predicted octanol–water partition coefficient (Wildman–Crippen LogP) is 1.50. The van der Waals surface area contributed by atoms with Gasteiger partial charge in [0.1, 0.15) is 5.41 Å². The lowest BCUT2D eigenvalue weighted by molar-refractivity contribution is -0.149. The number of carbonyl (C=O) groups is 2. The lowest BCUT2D eigenvalue weighted by Crippen LogP contribution is -2.31. The second-order valence-corrected chi connectivity index (χ2v) is 4.39. The number of rotatable bonds is 3. The molecule has 1 aliphatic carbocycles. The van der Waals surface area contributed by atoms with E-state index in [1.807, 2.05) is 0 Å². The molecule has 0 heterocycles. The highest BCUT2D eigenvalue weighted by Gasteiger charge is 2.75. The van der Waals surface area contributed by atoms with Crippen LogP contribution < -0.4 is 0 Å². The summed E-state index contributed by atoms with van der Waals surface area (Å²) in [5, 5.41) is 18.4. The van der Waals surface area contributed by atoms with Gasteiger partial charge in [-0.15, -0.1) is 0 Å². The molecule has 1 saturated carbocycles. The molecule has 2 N–H and O–H groups in total. The van der Waals surface area contributed by atoms with E-state index >= 15 is 0 Å². The Morgan fingerprint density at radius 1 is 1.12 bits per heavy atom. The minimum atomic E-state index is -1.26. The van der Waals surface area contributed by atoms with Crippen LogP contribution in [0.25, 0.3) is 0 Å². The molecule has 1 fully saturated rings. The van der Waals surface area contributed by atoms with E-state index in [1.165, 1.54) is 6.92 Å². The smallest absolute Gasteiger partial charge is 0.315 e. The maximum atomic E-state index is 11.3. The van der Waals surface area contributed by atoms with Gasteiger partial charge in [-0.25, -0.2) is 0 Å². The van der Waals surface area contributed by atoms with Gasteiger partial charge in [-0.3, -0.25) is 9.59 Å². The molecule has 4 heteroatoms. The number of benzene rings is 1. The topological polar surface area (TPSA) is 74.6 Å². The van der Waals surface area contributed by atoms with E-state index < -0.39 is 22.8 Å². The van der Waals surface area contributed by atoms with Crippen molar-refractivity contribution in [3.63, 3.8) is 0 Å². The van der Waals surface area contributed by atoms with Crippen molar-refractivity contribution in [3.05, 3.63) is 35.9 Å². The fourth-order valence-corrected chi connectivity index (χ4v) is 2.32. The van der Waals surface area contributed by atoms with Crippen molar-refractivity contribution in [2.75, 3.05) is 0 Å². The van der Waals surface area contributed by atoms with Crippen molar-refractivity contribution in [2.24, 2.45) is 5.41 Å². The summed E-state index contributed by atoms with van der Waals surface area (Å²) in [4.78, 5) is 22.5. The molecule has 0 bridgehead atoms. The normalized spacial score (nSPS) is 32.1. The fraction of sp³-hybridized carbons (Fsp3) is 0.333. The third kappa shape index (κ3) is 1.10. The zero-order chi connectivity index (χ0) is 12.0. The second-order valence-electron chi connectivity index (χ2n) is 4.39. The van der Waals surface area contributed by atoms with Crippen LogP contribution >= 0.6 is 0 Å². The van der Waals surface area contributed by atoms with Gasteiger partial charge < -0.3 is 10.2 Å². The van der Waals surface area contributed by atoms with E-state index in [0.29, 0.717) is 5.56 Å². The van der Waals surface area contributed by atoms with Crippen LogP contribution in [0.2, 0.25) is 0 Å². The largest absolute Gasteiger partial charge is 0.481 e. The molecule has 0 aliphatic heterocycles. The Labute approximate surface area is 92.5 Å². The molecule has 0 radical (unpaired) electrons. The summed E-state index contributed by atoms with van der Waals surface area (Å²) >= 11 is 0. The van der Waals surface area contributed by atoms with E-state index in [2.05, 4.69) is 0 Å². The van der Waals surface area contributed by atoms with Crippen molar-refractivity contribution >= 4 is 11.9 Å². The molecule has 1 aliphatic rings. The SMILES string of the molecule is C[C@@]1(C(=O)O)C[C@]1(C(=O)O)c1ccccc1. The Balaban J connectivity index is 2.51. The van der Waals surface area contributed by atoms with Crippen LogP contribution in [-0.2, 0) is 15.0 Å². The standard InChI is InChI=1S/C12H12O4/c1-11(9(13)14)7-12(11,10(15)16)8-5-3-2-4-6-8/h2-6H,7H2,1H3,(H,13,14)(H,15,16)/t11-,12+/m0/s1. The van der Waals surface area contributed by atoms with Crippen molar-refractivity contribution in [1.29, 1.82) is 0 Å². The van der Waals surface area contributed by atoms with Gasteiger partial charge in [0.2, 0.25) is 0 Å². The van der Waals surface area contributed by atoms with Gasteiger partial charge >= 0.3 is 11.9 Å². The summed E-state index contributed by atoms with van der Waals surface area (Å²) in [6.45, 7) is 1.48. The maximum Gasteiger partial charge on any atom is 0.315 e. The van der Waals surface area contributed by atoms with Gasteiger partial charge in [0.15, 0.2) is 0 Å². The zero-order valence-corrected chi connectivity index (χ0v) is 8.80. The first-order valence-electron chi connectivity index (χ1n) is 4.97. The Hall–Kier alpha value is -1.84. The highest BCUT2D eigenvalue weighted by molar-refractivity contribution is 5.97. The molecule has 0 saturated heterocycles. The van der Waals surface area contributed by atoms with Crippen LogP contribution in [0, 0.1) is 5.41 Å². The van der Waals surface area contributed by atoms with Crippen LogP contribution in [0.5, 0.6) is 0 Å². The van der Waals surface area contributed by atoms with Gasteiger partial charge in [-0.05, 0) is 18.9 Å². The average molecular weight is 220 g/mol. The highest BCUT2D eigenvalue weighted by atomic mass is 16.4. The van der Waals surface area contributed by atoms with E-state index in [-0.39, 0.29) is 6.42 Å². The molecule has 0 spiro atoms. The minimum absolute atomic E-state index is 0.147. The lowest BCUT2D eigenvalue weighted by Gasteiger charge is -2.16. The Morgan fingerprint density at radius 3 is 2.06 bits per heavy atom. The van der Waals surface area contributed by atoms with E-state index in [9.17, 15) is 14.7 Å². The maximum absolute atomic E-state index is 11.3. The molecular formula is C12H12O4. The summed E-state index contributed by atoms with van der Waals surface area (Å²) in [5.41, 5.74) is -1.90. The Morgan fingerprint density at radius 2 is 1.69 bits per heavy atom. The molecule has 0 amide bonds. The third-order valence-corrected chi connectivity index (χ3v) is 3.54. The summed E-state index contributed by atoms with van der Waals surface area (Å²) in [6.07, 6.45) is 0.147. The quantitative estimate of drug-likeness (QED) is 0.809. The monoisotopic (exact) mass is 220 g/mol. The zero-order valence-electron chi connectivity index (χ0n) is 8.80. The van der Waals surface area contributed by atoms with Gasteiger partial charge in [0.05, 0.1) is 5.41 Å². The molecule has 84 valence electrons. The van der Waals surface area contributed by atoms with Crippen molar-refractivity contribution < 1.29 is 19.8 Å². The fourth-order valence-electron chi connectivity index (χ4n) is 2.32. The highest BCUT2D eigenvalue weighted by Crippen LogP contribution is 2.64. The minimum Gasteiger partial charge on any atom is -0.481 e. The number of carboxylic acid groups (broad SMARTS) is 2. The van der Waals surface area contributed by atoms with Crippen LogP contribution in [0.15, 0.2) is 30.3 Å². The van der Waals surface area contributed by atoms with Gasteiger partial charge in [0.25, 0.3) is 0 Å². The van der Waals surface area contributed by atoms with Crippen LogP contribution in [-0.4, -0.2) is 22.2 Å².